The number of pyridine rings is 5. The van der Waals surface area contributed by atoms with Crippen LogP contribution in [0.4, 0.5) is 57.4 Å². The first-order chi connectivity index (χ1) is 63.4. The Balaban J connectivity index is 0.000000148. The van der Waals surface area contributed by atoms with Crippen molar-refractivity contribution in [3.63, 3.8) is 0 Å². The third-order valence-corrected chi connectivity index (χ3v) is 22.0. The second-order valence-corrected chi connectivity index (χ2v) is 31.6. The predicted octanol–water partition coefficient (Wildman–Crippen LogP) is 12.3. The van der Waals surface area contributed by atoms with Crippen molar-refractivity contribution in [2.45, 2.75) is 84.0 Å². The molecule has 130 heavy (non-hydrogen) atoms. The monoisotopic (exact) mass is 1760 g/mol. The van der Waals surface area contributed by atoms with Crippen LogP contribution in [0, 0.1) is 0 Å². The highest BCUT2D eigenvalue weighted by Gasteiger charge is 2.22. The summed E-state index contributed by atoms with van der Waals surface area (Å²) < 4.78 is 10.9. The van der Waals surface area contributed by atoms with Crippen LogP contribution in [-0.4, -0.2) is 208 Å². The summed E-state index contributed by atoms with van der Waals surface area (Å²) >= 11 is 0. The molecule has 4 fully saturated rings. The molecule has 0 spiro atoms. The fourth-order valence-corrected chi connectivity index (χ4v) is 15.0. The van der Waals surface area contributed by atoms with Gasteiger partial charge in [-0.1, -0.05) is 6.07 Å². The molecule has 0 radical (unpaired) electrons. The van der Waals surface area contributed by atoms with Crippen molar-refractivity contribution in [3.8, 4) is 56.9 Å². The van der Waals surface area contributed by atoms with Gasteiger partial charge in [-0.2, -0.15) is 4.98 Å². The maximum absolute atomic E-state index is 12.8. The van der Waals surface area contributed by atoms with E-state index in [1.54, 1.807) is 134 Å². The zero-order valence-electron chi connectivity index (χ0n) is 73.5. The molecule has 16 rings (SSSR count). The second-order valence-electron chi connectivity index (χ2n) is 31.6. The first-order valence-corrected chi connectivity index (χ1v) is 44.1. The molecule has 676 valence electrons. The Morgan fingerprint density at radius 3 is 1.04 bits per heavy atom. The topological polar surface area (TPSA) is 429 Å². The Morgan fingerprint density at radius 2 is 0.715 bits per heavy atom. The number of likely N-dealkylation sites (N-methyl/N-ethyl adjacent to an activating group) is 2. The van der Waals surface area contributed by atoms with Crippen LogP contribution in [0.2, 0.25) is 0 Å². The molecule has 8 aromatic heterocycles. The molecule has 12 heterocycles. The number of ether oxygens (including phenoxy) is 2. The SMILES string of the molecule is CCOc1nccc(-c2c[nH]c(=O)c(NC(=O)c3ccc(N4CCCCC4)cc3)c2)n1.CN(C)CCNc1nccc(-c2c[nH]c(=O)c(NC(=O)c3ccc(N4CCCCC4)cc3)c2)n1.CNCCOc1cccc(-c2c[nH]c(=O)c(NC(=O)c3ccc(N4CCCCC4)cc3)c2)n1.O=C(Nc1cc(-c2ccnc(NCCO)n2)c[nH]c1=O)c1ccc(N2CCCCC2)cc1. The molecule has 4 aromatic carbocycles. The Bertz CT molecular complexity index is 5990. The van der Waals surface area contributed by atoms with Crippen molar-refractivity contribution < 1.29 is 33.8 Å². The molecular weight excluding hydrogens is 1650 g/mol. The molecule has 34 nitrogen and oxygen atoms in total. The minimum atomic E-state index is -0.403. The van der Waals surface area contributed by atoms with Crippen LogP contribution in [0.15, 0.2) is 220 Å². The number of amides is 4. The molecule has 4 amide bonds. The fraction of sp³-hybridized carbons (Fsp3) is 0.323. The van der Waals surface area contributed by atoms with Gasteiger partial charge in [-0.15, -0.1) is 0 Å². The molecule has 4 aliphatic rings. The van der Waals surface area contributed by atoms with E-state index in [4.69, 9.17) is 14.6 Å². The first kappa shape index (κ1) is 92.9. The fourth-order valence-electron chi connectivity index (χ4n) is 15.0. The number of H-pyrrole nitrogens is 4. The number of carbonyl (C=O) groups is 4. The zero-order valence-corrected chi connectivity index (χ0v) is 73.5. The average Bonchev–Trinajstić information content (AvgIpc) is 0.729. The standard InChI is InChI=1S/C25H31N7O2.C25H29N5O3.C23H26N6O3.C23H25N5O3/c1-31(2)15-12-27-25-26-11-10-21(30-25)19-16-22(24(34)28-17-19)29-23(33)18-6-8-20(9-7-18)32-13-4-3-5-14-32;1-26-12-15-33-23-7-5-6-21(28-23)19-16-22(25(32)27-17-19)29-24(31)18-8-10-20(11-9-18)30-13-3-2-4-14-30;30-13-10-25-23-24-9-8-19(28-23)17-14-20(22(32)26-15-17)27-21(31)16-4-6-18(7-5-16)29-11-2-1-3-12-29;1-2-31-23-24-11-10-19(27-23)17-14-20(22(30)25-15-17)26-21(29)16-6-8-18(9-7-16)28-12-4-3-5-13-28/h6-11,16-17H,3-5,12-15H2,1-2H3,(H,28,34)(H,29,33)(H,26,27,30);5-11,16-17,26H,2-4,12-15H2,1H3,(H,27,32)(H,29,31);4-9,14-15,30H,1-3,10-13H2,(H,26,32)(H,27,31)(H,24,25,28);6-11,14-15H,2-5,12-13H2,1H3,(H,25,30)(H,26,29). The molecule has 12 aromatic rings. The van der Waals surface area contributed by atoms with Crippen molar-refractivity contribution in [1.82, 2.24) is 65.0 Å². The third kappa shape index (κ3) is 26.7. The van der Waals surface area contributed by atoms with Gasteiger partial charge >= 0.3 is 6.01 Å². The third-order valence-electron chi connectivity index (χ3n) is 22.0. The lowest BCUT2D eigenvalue weighted by Crippen LogP contribution is -2.29. The number of piperidine rings is 4. The lowest BCUT2D eigenvalue weighted by Gasteiger charge is -2.28. The van der Waals surface area contributed by atoms with Gasteiger partial charge in [0.2, 0.25) is 17.8 Å². The van der Waals surface area contributed by atoms with E-state index in [1.165, 1.54) is 83.2 Å². The number of aliphatic hydroxyl groups is 1. The Morgan fingerprint density at radius 1 is 0.392 bits per heavy atom. The minimum Gasteiger partial charge on any atom is -0.476 e. The van der Waals surface area contributed by atoms with Crippen molar-refractivity contribution in [2.24, 2.45) is 0 Å². The van der Waals surface area contributed by atoms with Crippen molar-refractivity contribution in [1.29, 1.82) is 0 Å². The summed E-state index contributed by atoms with van der Waals surface area (Å²) in [6, 6.07) is 47.3. The van der Waals surface area contributed by atoms with E-state index in [2.05, 4.69) is 117 Å². The molecule has 0 saturated carbocycles. The summed E-state index contributed by atoms with van der Waals surface area (Å²) in [5.41, 5.74) is 10.5. The molecule has 12 N–H and O–H groups in total. The van der Waals surface area contributed by atoms with Crippen molar-refractivity contribution in [3.05, 3.63) is 265 Å². The van der Waals surface area contributed by atoms with E-state index < -0.39 is 5.56 Å². The van der Waals surface area contributed by atoms with Crippen LogP contribution in [0.5, 0.6) is 11.9 Å². The number of hydrogen-bond donors (Lipinski definition) is 12. The number of nitrogens with one attached hydrogen (secondary N) is 11. The summed E-state index contributed by atoms with van der Waals surface area (Å²) in [5.74, 6) is -0.00158. The maximum atomic E-state index is 12.8. The maximum Gasteiger partial charge on any atom is 0.316 e. The van der Waals surface area contributed by atoms with Gasteiger partial charge in [0.1, 0.15) is 29.4 Å². The summed E-state index contributed by atoms with van der Waals surface area (Å²) in [7, 11) is 5.85. The molecule has 0 atom stereocenters. The minimum absolute atomic E-state index is 0.0402. The van der Waals surface area contributed by atoms with Crippen LogP contribution < -0.4 is 88.5 Å². The molecule has 4 aliphatic heterocycles. The largest absolute Gasteiger partial charge is 0.476 e. The number of aliphatic hydroxyl groups excluding tert-OH is 1. The predicted molar refractivity (Wildman–Crippen MR) is 510 cm³/mol. The number of hydrogen-bond acceptors (Lipinski definition) is 26. The lowest BCUT2D eigenvalue weighted by molar-refractivity contribution is 0.101. The number of rotatable bonds is 29. The highest BCUT2D eigenvalue weighted by Crippen LogP contribution is 2.29. The van der Waals surface area contributed by atoms with Gasteiger partial charge in [-0.25, -0.2) is 29.9 Å². The first-order valence-electron chi connectivity index (χ1n) is 44.1. The number of benzene rings is 4. The van der Waals surface area contributed by atoms with E-state index >= 15 is 0 Å². The van der Waals surface area contributed by atoms with Crippen LogP contribution in [0.1, 0.15) is 125 Å². The van der Waals surface area contributed by atoms with Gasteiger partial charge in [0.05, 0.1) is 36.0 Å². The van der Waals surface area contributed by atoms with Gasteiger partial charge in [0.25, 0.3) is 45.9 Å². The molecular formula is C96H111N23O11. The average molecular weight is 1760 g/mol. The number of anilines is 10. The van der Waals surface area contributed by atoms with Gasteiger partial charge in [-0.3, -0.25) is 38.4 Å². The van der Waals surface area contributed by atoms with Crippen molar-refractivity contribution >= 4 is 81.0 Å². The Labute approximate surface area is 752 Å². The summed E-state index contributed by atoms with van der Waals surface area (Å²) in [4.78, 5) is 152. The smallest absolute Gasteiger partial charge is 0.316 e. The summed E-state index contributed by atoms with van der Waals surface area (Å²) in [5, 5.41) is 28.9. The lowest BCUT2D eigenvalue weighted by atomic mass is 10.1. The van der Waals surface area contributed by atoms with E-state index in [0.717, 1.165) is 81.7 Å². The van der Waals surface area contributed by atoms with E-state index in [9.17, 15) is 38.4 Å². The Hall–Kier alpha value is -14.8. The quantitative estimate of drug-likeness (QED) is 0.0194. The van der Waals surface area contributed by atoms with Gasteiger partial charge in [0, 0.05) is 195 Å². The van der Waals surface area contributed by atoms with Gasteiger partial charge < -0.3 is 96.2 Å². The zero-order chi connectivity index (χ0) is 90.9. The molecule has 0 aliphatic carbocycles. The summed E-state index contributed by atoms with van der Waals surface area (Å²) in [6.45, 7) is 13.7. The van der Waals surface area contributed by atoms with Gasteiger partial charge in [0.15, 0.2) is 0 Å². The molecule has 4 saturated heterocycles. The van der Waals surface area contributed by atoms with E-state index in [0.29, 0.717) is 118 Å². The van der Waals surface area contributed by atoms with Crippen LogP contribution in [0.25, 0.3) is 45.0 Å². The van der Waals surface area contributed by atoms with E-state index in [-0.39, 0.29) is 75.7 Å². The second kappa shape index (κ2) is 47.2. The molecule has 34 heteroatoms. The van der Waals surface area contributed by atoms with Crippen molar-refractivity contribution in [2.75, 3.05) is 171 Å². The number of nitrogens with zero attached hydrogens (tertiary/aromatic N) is 12. The summed E-state index contributed by atoms with van der Waals surface area (Å²) in [6.07, 6.45) is 25.7. The van der Waals surface area contributed by atoms with E-state index in [1.807, 2.05) is 88.7 Å². The number of aromatic amines is 4. The van der Waals surface area contributed by atoms with Gasteiger partial charge in [-0.05, 0) is 251 Å². The van der Waals surface area contributed by atoms with Crippen LogP contribution in [-0.2, 0) is 0 Å². The number of carbonyl (C=O) groups excluding carboxylic acids is 4. The highest BCUT2D eigenvalue weighted by atomic mass is 16.5. The highest BCUT2D eigenvalue weighted by molar-refractivity contribution is 6.07. The molecule has 0 bridgehead atoms. The normalized spacial score (nSPS) is 13.6. The Kier molecular flexibility index (Phi) is 33.7. The van der Waals surface area contributed by atoms with Crippen LogP contribution in [0.3, 0.4) is 0 Å². The van der Waals surface area contributed by atoms with Crippen LogP contribution >= 0.6 is 0 Å². The number of aromatic nitrogens is 11. The molecule has 0 unspecified atom stereocenters.